The van der Waals surface area contributed by atoms with Crippen LogP contribution in [0.1, 0.15) is 0 Å². The van der Waals surface area contributed by atoms with Crippen molar-refractivity contribution < 1.29 is 69.0 Å². The van der Waals surface area contributed by atoms with Gasteiger partial charge in [0.1, 0.15) is 55.9 Å². The molecule has 2 aliphatic rings. The molecule has 2 saturated heterocycles. The van der Waals surface area contributed by atoms with Gasteiger partial charge in [0.25, 0.3) is 0 Å². The molecule has 0 amide bonds. The van der Waals surface area contributed by atoms with Crippen LogP contribution in [-0.2, 0) is 33.3 Å². The van der Waals surface area contributed by atoms with Gasteiger partial charge in [0.05, 0.1) is 13.7 Å². The molecular weight excluding hydrogens is 428 g/mol. The van der Waals surface area contributed by atoms with Crippen LogP contribution in [0.25, 0.3) is 0 Å². The van der Waals surface area contributed by atoms with Crippen molar-refractivity contribution in [3.63, 3.8) is 0 Å². The fraction of sp³-hybridized carbons (Fsp3) is 0.765. The summed E-state index contributed by atoms with van der Waals surface area (Å²) in [6.07, 6.45) is -12.0. The van der Waals surface area contributed by atoms with E-state index in [1.807, 2.05) is 0 Å². The molecule has 0 spiro atoms. The highest BCUT2D eigenvalue weighted by atomic mass is 16.8. The van der Waals surface area contributed by atoms with Crippen LogP contribution in [0.4, 0.5) is 0 Å². The first-order valence-electron chi connectivity index (χ1n) is 9.16. The van der Waals surface area contributed by atoms with Gasteiger partial charge in [-0.25, -0.2) is 9.59 Å². The number of carbonyl (C=O) groups is 2. The standard InChI is InChI=1S/C17H26O14/c1-27-9(20)2-3-10(21)28-5-8-11(22)13(24)14(25)16(29-8)31-17(6-19)15(26)12(23)7(4-18)30-17/h2-3,7-8,11-16,18-19,22-26H,4-6H2,1H3/b3-2+/t7-,8-,11-,12-,13+,14-,15+,16-,17+/m1/s1. The van der Waals surface area contributed by atoms with Crippen molar-refractivity contribution in [2.45, 2.75) is 54.8 Å². The van der Waals surface area contributed by atoms with E-state index < -0.39 is 86.6 Å². The summed E-state index contributed by atoms with van der Waals surface area (Å²) in [5.41, 5.74) is 0. The average Bonchev–Trinajstić information content (AvgIpc) is 3.01. The van der Waals surface area contributed by atoms with Crippen LogP contribution in [0.5, 0.6) is 0 Å². The minimum Gasteiger partial charge on any atom is -0.466 e. The lowest BCUT2D eigenvalue weighted by Gasteiger charge is -2.43. The molecular formula is C17H26O14. The van der Waals surface area contributed by atoms with Crippen LogP contribution < -0.4 is 0 Å². The third-order valence-corrected chi connectivity index (χ3v) is 4.84. The zero-order valence-electron chi connectivity index (χ0n) is 16.4. The van der Waals surface area contributed by atoms with Gasteiger partial charge >= 0.3 is 11.9 Å². The third-order valence-electron chi connectivity index (χ3n) is 4.84. The minimum atomic E-state index is -2.33. The molecule has 0 aromatic heterocycles. The zero-order chi connectivity index (χ0) is 23.3. The zero-order valence-corrected chi connectivity index (χ0v) is 16.4. The second-order valence-electron chi connectivity index (χ2n) is 6.86. The summed E-state index contributed by atoms with van der Waals surface area (Å²) < 4.78 is 24.9. The van der Waals surface area contributed by atoms with E-state index in [1.54, 1.807) is 0 Å². The Labute approximate surface area is 175 Å². The summed E-state index contributed by atoms with van der Waals surface area (Å²) in [7, 11) is 1.10. The van der Waals surface area contributed by atoms with Gasteiger partial charge in [-0.2, -0.15) is 0 Å². The van der Waals surface area contributed by atoms with Gasteiger partial charge in [-0.1, -0.05) is 0 Å². The molecule has 2 heterocycles. The Morgan fingerprint density at radius 2 is 1.58 bits per heavy atom. The first-order valence-corrected chi connectivity index (χ1v) is 9.16. The number of methoxy groups -OCH3 is 1. The Morgan fingerprint density at radius 1 is 0.935 bits per heavy atom. The lowest BCUT2D eigenvalue weighted by atomic mass is 9.99. The van der Waals surface area contributed by atoms with Gasteiger partial charge in [0.15, 0.2) is 6.29 Å². The topological polar surface area (TPSA) is 222 Å². The largest absolute Gasteiger partial charge is 0.466 e. The van der Waals surface area contributed by atoms with E-state index in [-0.39, 0.29) is 0 Å². The molecule has 178 valence electrons. The van der Waals surface area contributed by atoms with E-state index in [1.165, 1.54) is 0 Å². The number of ether oxygens (including phenoxy) is 5. The molecule has 14 nitrogen and oxygen atoms in total. The van der Waals surface area contributed by atoms with Gasteiger partial charge in [-0.05, 0) is 0 Å². The summed E-state index contributed by atoms with van der Waals surface area (Å²) in [4.78, 5) is 22.6. The highest BCUT2D eigenvalue weighted by Crippen LogP contribution is 2.36. The second kappa shape index (κ2) is 10.7. The predicted octanol–water partition coefficient (Wildman–Crippen LogP) is -5.12. The maximum Gasteiger partial charge on any atom is 0.331 e. The molecule has 0 aromatic carbocycles. The van der Waals surface area contributed by atoms with Crippen LogP contribution >= 0.6 is 0 Å². The highest BCUT2D eigenvalue weighted by molar-refractivity contribution is 5.91. The van der Waals surface area contributed by atoms with E-state index >= 15 is 0 Å². The SMILES string of the molecule is COC(=O)/C=C/C(=O)OC[C@H]1O[C@H](O[C@]2(CO)O[C@H](CO)[C@@H](O)[C@@H]2O)[C@H](O)[C@@H](O)[C@@H]1O. The van der Waals surface area contributed by atoms with Crippen molar-refractivity contribution in [3.8, 4) is 0 Å². The van der Waals surface area contributed by atoms with Gasteiger partial charge < -0.3 is 59.4 Å². The Bertz CT molecular complexity index is 655. The van der Waals surface area contributed by atoms with E-state index in [9.17, 15) is 45.3 Å². The number of hydrogen-bond acceptors (Lipinski definition) is 14. The quantitative estimate of drug-likeness (QED) is 0.135. The molecule has 9 atom stereocenters. The Kier molecular flexibility index (Phi) is 8.84. The molecule has 0 aromatic rings. The number of aliphatic hydroxyl groups excluding tert-OH is 7. The predicted molar refractivity (Wildman–Crippen MR) is 93.7 cm³/mol. The van der Waals surface area contributed by atoms with E-state index in [2.05, 4.69) is 4.74 Å². The fourth-order valence-corrected chi connectivity index (χ4v) is 3.03. The first kappa shape index (κ1) is 25.5. The Morgan fingerprint density at radius 3 is 2.13 bits per heavy atom. The van der Waals surface area contributed by atoms with Crippen LogP contribution in [0.3, 0.4) is 0 Å². The van der Waals surface area contributed by atoms with Crippen LogP contribution in [-0.4, -0.2) is 129 Å². The highest BCUT2D eigenvalue weighted by Gasteiger charge is 2.58. The van der Waals surface area contributed by atoms with Crippen LogP contribution in [0.15, 0.2) is 12.2 Å². The maximum absolute atomic E-state index is 11.6. The van der Waals surface area contributed by atoms with Gasteiger partial charge in [0.2, 0.25) is 5.79 Å². The summed E-state index contributed by atoms with van der Waals surface area (Å²) in [5, 5.41) is 69.2. The number of esters is 2. The van der Waals surface area contributed by atoms with Crippen LogP contribution in [0, 0.1) is 0 Å². The normalized spacial score (nSPS) is 40.8. The van der Waals surface area contributed by atoms with Crippen molar-refractivity contribution in [1.29, 1.82) is 0 Å². The second-order valence-corrected chi connectivity index (χ2v) is 6.86. The Balaban J connectivity index is 2.08. The van der Waals surface area contributed by atoms with E-state index in [0.29, 0.717) is 0 Å². The first-order chi connectivity index (χ1) is 14.6. The molecule has 0 radical (unpaired) electrons. The molecule has 2 rings (SSSR count). The number of aliphatic hydroxyl groups is 7. The molecule has 0 aliphatic carbocycles. The molecule has 0 bridgehead atoms. The number of rotatable bonds is 8. The van der Waals surface area contributed by atoms with E-state index in [0.717, 1.165) is 19.3 Å². The molecule has 0 unspecified atom stereocenters. The smallest absolute Gasteiger partial charge is 0.331 e. The number of carbonyl (C=O) groups excluding carboxylic acids is 2. The molecule has 31 heavy (non-hydrogen) atoms. The molecule has 2 aliphatic heterocycles. The van der Waals surface area contributed by atoms with Crippen molar-refractivity contribution in [1.82, 2.24) is 0 Å². The number of hydrogen-bond donors (Lipinski definition) is 7. The van der Waals surface area contributed by atoms with Gasteiger partial charge in [0, 0.05) is 12.2 Å². The molecule has 14 heteroatoms. The summed E-state index contributed by atoms with van der Waals surface area (Å²) in [6, 6.07) is 0. The summed E-state index contributed by atoms with van der Waals surface area (Å²) >= 11 is 0. The summed E-state index contributed by atoms with van der Waals surface area (Å²) in [5.74, 6) is -4.15. The van der Waals surface area contributed by atoms with E-state index in [4.69, 9.17) is 18.9 Å². The maximum atomic E-state index is 11.6. The third kappa shape index (κ3) is 5.56. The summed E-state index contributed by atoms with van der Waals surface area (Å²) in [6.45, 7) is -2.41. The average molecular weight is 454 g/mol. The lowest BCUT2D eigenvalue weighted by Crippen LogP contribution is -2.62. The van der Waals surface area contributed by atoms with Crippen molar-refractivity contribution in [3.05, 3.63) is 12.2 Å². The monoisotopic (exact) mass is 454 g/mol. The van der Waals surface area contributed by atoms with Crippen LogP contribution in [0.2, 0.25) is 0 Å². The molecule has 2 fully saturated rings. The fourth-order valence-electron chi connectivity index (χ4n) is 3.03. The van der Waals surface area contributed by atoms with Gasteiger partial charge in [-0.3, -0.25) is 0 Å². The Hall–Kier alpha value is -1.72. The van der Waals surface area contributed by atoms with Crippen molar-refractivity contribution in [2.75, 3.05) is 26.9 Å². The van der Waals surface area contributed by atoms with Crippen molar-refractivity contribution in [2.24, 2.45) is 0 Å². The minimum absolute atomic E-state index is 0.646. The van der Waals surface area contributed by atoms with Crippen molar-refractivity contribution >= 4 is 11.9 Å². The lowest BCUT2D eigenvalue weighted by molar-refractivity contribution is -0.383. The molecule has 7 N–H and O–H groups in total. The van der Waals surface area contributed by atoms with Gasteiger partial charge in [-0.15, -0.1) is 0 Å². The molecule has 0 saturated carbocycles.